The maximum Gasteiger partial charge on any atom is 0.263 e. The number of sulfonamides is 1. The molecule has 0 saturated carbocycles. The summed E-state index contributed by atoms with van der Waals surface area (Å²) in [5.41, 5.74) is 2.83. The topological polar surface area (TPSA) is 96.0 Å². The van der Waals surface area contributed by atoms with Crippen LogP contribution in [0.2, 0.25) is 5.02 Å². The van der Waals surface area contributed by atoms with Crippen LogP contribution in [0, 0.1) is 0 Å². The molecule has 0 aliphatic heterocycles. The van der Waals surface area contributed by atoms with Crippen LogP contribution in [0.25, 0.3) is 0 Å². The molecular formula is C20H18ClN5O2S3. The fourth-order valence-electron chi connectivity index (χ4n) is 2.67. The largest absolute Gasteiger partial charge is 0.332 e. The van der Waals surface area contributed by atoms with Crippen molar-refractivity contribution in [3.63, 3.8) is 0 Å². The second-order valence-electron chi connectivity index (χ2n) is 6.47. The van der Waals surface area contributed by atoms with E-state index < -0.39 is 10.0 Å². The van der Waals surface area contributed by atoms with Crippen molar-refractivity contribution in [3.05, 3.63) is 81.8 Å². The van der Waals surface area contributed by atoms with E-state index in [2.05, 4.69) is 25.3 Å². The highest BCUT2D eigenvalue weighted by molar-refractivity contribution is 7.93. The molecule has 160 valence electrons. The predicted molar refractivity (Wildman–Crippen MR) is 127 cm³/mol. The lowest BCUT2D eigenvalue weighted by Gasteiger charge is -2.07. The highest BCUT2D eigenvalue weighted by Crippen LogP contribution is 2.23. The Kier molecular flexibility index (Phi) is 6.83. The third-order valence-electron chi connectivity index (χ3n) is 4.17. The number of halogens is 1. The molecule has 11 heteroatoms. The normalized spacial score (nSPS) is 11.4. The molecule has 3 N–H and O–H groups in total. The van der Waals surface area contributed by atoms with E-state index in [9.17, 15) is 8.42 Å². The van der Waals surface area contributed by atoms with Crippen molar-refractivity contribution in [3.8, 4) is 0 Å². The van der Waals surface area contributed by atoms with E-state index >= 15 is 0 Å². The van der Waals surface area contributed by atoms with Gasteiger partial charge in [-0.25, -0.2) is 18.4 Å². The molecule has 0 amide bonds. The van der Waals surface area contributed by atoms with Crippen molar-refractivity contribution >= 4 is 60.2 Å². The van der Waals surface area contributed by atoms with Gasteiger partial charge >= 0.3 is 0 Å². The van der Waals surface area contributed by atoms with Crippen molar-refractivity contribution < 1.29 is 8.42 Å². The number of nitrogens with zero attached hydrogens (tertiary/aromatic N) is 2. The first-order valence-corrected chi connectivity index (χ1v) is 12.8. The van der Waals surface area contributed by atoms with Gasteiger partial charge in [0.05, 0.1) is 10.6 Å². The summed E-state index contributed by atoms with van der Waals surface area (Å²) >= 11 is 8.61. The van der Waals surface area contributed by atoms with Gasteiger partial charge in [-0.15, -0.1) is 22.7 Å². The molecule has 0 atom stereocenters. The minimum Gasteiger partial charge on any atom is -0.332 e. The molecular weight excluding hydrogens is 474 g/mol. The molecule has 4 rings (SSSR count). The Hall–Kier alpha value is -2.50. The van der Waals surface area contributed by atoms with Crippen LogP contribution in [0.1, 0.15) is 11.3 Å². The Balaban J connectivity index is 1.31. The maximum absolute atomic E-state index is 12.4. The molecule has 0 radical (unpaired) electrons. The van der Waals surface area contributed by atoms with Gasteiger partial charge in [0.25, 0.3) is 10.0 Å². The van der Waals surface area contributed by atoms with E-state index in [1.807, 2.05) is 29.6 Å². The lowest BCUT2D eigenvalue weighted by molar-refractivity contribution is 0.601. The quantitative estimate of drug-likeness (QED) is 0.302. The number of anilines is 3. The molecule has 2 heterocycles. The Bertz CT molecular complexity index is 1220. The Morgan fingerprint density at radius 1 is 0.935 bits per heavy atom. The highest BCUT2D eigenvalue weighted by Gasteiger charge is 2.15. The van der Waals surface area contributed by atoms with Crippen molar-refractivity contribution in [2.75, 3.05) is 10.0 Å². The van der Waals surface area contributed by atoms with Gasteiger partial charge in [-0.05, 0) is 42.0 Å². The average Bonchev–Trinajstić information content (AvgIpc) is 3.42. The van der Waals surface area contributed by atoms with E-state index in [1.165, 1.54) is 22.7 Å². The summed E-state index contributed by atoms with van der Waals surface area (Å²) in [5.74, 6) is 0. The van der Waals surface area contributed by atoms with E-state index in [4.69, 9.17) is 11.6 Å². The molecule has 31 heavy (non-hydrogen) atoms. The summed E-state index contributed by atoms with van der Waals surface area (Å²) in [4.78, 5) is 8.67. The Labute approximate surface area is 193 Å². The van der Waals surface area contributed by atoms with Crippen LogP contribution in [-0.2, 0) is 23.1 Å². The summed E-state index contributed by atoms with van der Waals surface area (Å²) < 4.78 is 27.3. The number of nitrogens with one attached hydrogen (secondary N) is 3. The zero-order chi connectivity index (χ0) is 21.7. The summed E-state index contributed by atoms with van der Waals surface area (Å²) in [6.45, 7) is 1.36. The first-order chi connectivity index (χ1) is 15.0. The van der Waals surface area contributed by atoms with Crippen molar-refractivity contribution in [1.29, 1.82) is 0 Å². The number of aromatic nitrogens is 2. The molecule has 2 aromatic carbocycles. The number of rotatable bonds is 9. The minimum atomic E-state index is -3.66. The zero-order valence-corrected chi connectivity index (χ0v) is 19.3. The fourth-order valence-corrected chi connectivity index (χ4v) is 5.32. The van der Waals surface area contributed by atoms with Gasteiger partial charge < -0.3 is 10.6 Å². The van der Waals surface area contributed by atoms with Gasteiger partial charge in [-0.2, -0.15) is 0 Å². The summed E-state index contributed by atoms with van der Waals surface area (Å²) in [5, 5.41) is 12.0. The molecule has 4 aromatic rings. The second kappa shape index (κ2) is 9.75. The highest BCUT2D eigenvalue weighted by atomic mass is 35.5. The van der Waals surface area contributed by atoms with E-state index in [0.29, 0.717) is 11.7 Å². The van der Waals surface area contributed by atoms with Crippen LogP contribution in [0.5, 0.6) is 0 Å². The molecule has 0 fully saturated rings. The number of benzene rings is 2. The van der Waals surface area contributed by atoms with Crippen LogP contribution in [0.15, 0.2) is 70.4 Å². The molecule has 0 unspecified atom stereocenters. The van der Waals surface area contributed by atoms with Crippen LogP contribution in [-0.4, -0.2) is 18.4 Å². The summed E-state index contributed by atoms with van der Waals surface area (Å²) in [6, 6.07) is 14.2. The molecule has 7 nitrogen and oxygen atoms in total. The average molecular weight is 492 g/mol. The van der Waals surface area contributed by atoms with E-state index in [-0.39, 0.29) is 4.90 Å². The molecule has 2 aromatic heterocycles. The van der Waals surface area contributed by atoms with Gasteiger partial charge in [-0.3, -0.25) is 4.72 Å². The van der Waals surface area contributed by atoms with E-state index in [0.717, 1.165) is 33.6 Å². The van der Waals surface area contributed by atoms with Crippen LogP contribution < -0.4 is 15.4 Å². The standard InChI is InChI=1S/C20H18ClN5O2S3/c21-15-3-1-14(2-4-15)11-22-12-17-13-30-20(25-17)24-16-5-7-18(8-6-16)31(27,28)26-19-23-9-10-29-19/h1-10,13,22H,11-12H2,(H,23,26)(H,24,25). The number of hydrogen-bond acceptors (Lipinski definition) is 8. The van der Waals surface area contributed by atoms with Crippen molar-refractivity contribution in [1.82, 2.24) is 15.3 Å². The summed E-state index contributed by atoms with van der Waals surface area (Å²) in [7, 11) is -3.66. The Morgan fingerprint density at radius 3 is 2.42 bits per heavy atom. The minimum absolute atomic E-state index is 0.166. The third-order valence-corrected chi connectivity index (χ3v) is 7.40. The second-order valence-corrected chi connectivity index (χ2v) is 10.3. The van der Waals surface area contributed by atoms with Gasteiger partial charge in [0.2, 0.25) is 0 Å². The summed E-state index contributed by atoms with van der Waals surface area (Å²) in [6.07, 6.45) is 1.55. The fraction of sp³-hybridized carbons (Fsp3) is 0.100. The van der Waals surface area contributed by atoms with Gasteiger partial charge in [0.1, 0.15) is 0 Å². The van der Waals surface area contributed by atoms with Gasteiger partial charge in [0.15, 0.2) is 10.3 Å². The van der Waals surface area contributed by atoms with Crippen molar-refractivity contribution in [2.45, 2.75) is 18.0 Å². The van der Waals surface area contributed by atoms with Crippen LogP contribution in [0.4, 0.5) is 16.0 Å². The predicted octanol–water partition coefficient (Wildman–Crippen LogP) is 5.09. The van der Waals surface area contributed by atoms with Crippen LogP contribution in [0.3, 0.4) is 0 Å². The first-order valence-electron chi connectivity index (χ1n) is 9.17. The Morgan fingerprint density at radius 2 is 1.71 bits per heavy atom. The smallest absolute Gasteiger partial charge is 0.263 e. The first kappa shape index (κ1) is 21.7. The zero-order valence-electron chi connectivity index (χ0n) is 16.1. The monoisotopic (exact) mass is 491 g/mol. The molecule has 0 bridgehead atoms. The number of hydrogen-bond donors (Lipinski definition) is 3. The van der Waals surface area contributed by atoms with Gasteiger partial charge in [-0.1, -0.05) is 23.7 Å². The molecule has 0 spiro atoms. The van der Waals surface area contributed by atoms with Gasteiger partial charge in [0, 0.05) is 40.8 Å². The molecule has 0 aliphatic rings. The SMILES string of the molecule is O=S(=O)(Nc1nccs1)c1ccc(Nc2nc(CNCc3ccc(Cl)cc3)cs2)cc1. The molecule has 0 aliphatic carbocycles. The third kappa shape index (κ3) is 6.02. The lowest BCUT2D eigenvalue weighted by Crippen LogP contribution is -2.13. The maximum atomic E-state index is 12.4. The molecule has 0 saturated heterocycles. The van der Waals surface area contributed by atoms with Crippen molar-refractivity contribution in [2.24, 2.45) is 0 Å². The van der Waals surface area contributed by atoms with E-state index in [1.54, 1.807) is 35.8 Å². The van der Waals surface area contributed by atoms with Crippen LogP contribution >= 0.6 is 34.3 Å². The number of thiazole rings is 2. The lowest BCUT2D eigenvalue weighted by atomic mass is 10.2.